The number of carbonyl (C=O) groups is 5. The first-order valence-electron chi connectivity index (χ1n) is 15.6. The average Bonchev–Trinajstić information content (AvgIpc) is 3.04. The highest BCUT2D eigenvalue weighted by Crippen LogP contribution is 2.52. The molecule has 1 unspecified atom stereocenters. The number of hydrogen-bond donors (Lipinski definition) is 7. The van der Waals surface area contributed by atoms with Gasteiger partial charge in [-0.15, -0.1) is 0 Å². The molecule has 7 N–H and O–H groups in total. The number of amides is 2. The molecule has 1 saturated heterocycles. The molecular weight excluding hydrogens is 716 g/mol. The van der Waals surface area contributed by atoms with E-state index in [1.165, 1.54) is 25.1 Å². The third-order valence-electron chi connectivity index (χ3n) is 9.13. The van der Waals surface area contributed by atoms with Gasteiger partial charge in [-0.05, 0) is 19.9 Å². The SMILES string of the molecule is CC(=O)[C@]1(O)Cc2c(O)c3c(c(O)c2[C@@H](OC2C[C@H](NC(=O)C(F)(F)F)[C@H](O)[C@H](C)O2)C1)C(=O)c1c(NCCNC(=O)C(F)(F)F)cccc1C3=O. The second-order valence-corrected chi connectivity index (χ2v) is 12.6. The lowest BCUT2D eigenvalue weighted by molar-refractivity contribution is -0.250. The predicted octanol–water partition coefficient (Wildman–Crippen LogP) is 1.83. The van der Waals surface area contributed by atoms with E-state index >= 15 is 0 Å². The molecule has 2 amide bonds. The summed E-state index contributed by atoms with van der Waals surface area (Å²) in [6, 6.07) is 2.23. The summed E-state index contributed by atoms with van der Waals surface area (Å²) < 4.78 is 88.2. The molecule has 2 aromatic carbocycles. The molecule has 1 fully saturated rings. The minimum atomic E-state index is -5.30. The fourth-order valence-corrected chi connectivity index (χ4v) is 6.50. The van der Waals surface area contributed by atoms with Crippen molar-refractivity contribution >= 4 is 34.9 Å². The van der Waals surface area contributed by atoms with Crippen LogP contribution in [0.3, 0.4) is 0 Å². The van der Waals surface area contributed by atoms with Crippen LogP contribution in [0.25, 0.3) is 0 Å². The lowest BCUT2D eigenvalue weighted by Crippen LogP contribution is -2.57. The molecule has 1 aliphatic heterocycles. The van der Waals surface area contributed by atoms with Gasteiger partial charge in [0.25, 0.3) is 0 Å². The molecule has 0 spiro atoms. The van der Waals surface area contributed by atoms with Gasteiger partial charge in [-0.2, -0.15) is 26.3 Å². The van der Waals surface area contributed by atoms with Crippen LogP contribution in [0.1, 0.15) is 75.8 Å². The summed E-state index contributed by atoms with van der Waals surface area (Å²) in [5, 5.41) is 50.8. The van der Waals surface area contributed by atoms with Gasteiger partial charge in [-0.1, -0.05) is 12.1 Å². The number of Topliss-reactive ketones (excluding diaryl/α,β-unsaturated/α-hetero) is 1. The van der Waals surface area contributed by atoms with E-state index in [0.717, 1.165) is 6.92 Å². The Hall–Kier alpha value is -4.79. The van der Waals surface area contributed by atoms with Gasteiger partial charge in [0.15, 0.2) is 23.6 Å². The molecule has 0 radical (unpaired) electrons. The Bertz CT molecular complexity index is 1850. The zero-order chi connectivity index (χ0) is 38.7. The van der Waals surface area contributed by atoms with Crippen molar-refractivity contribution < 1.29 is 80.2 Å². The number of carbonyl (C=O) groups excluding carboxylic acids is 5. The van der Waals surface area contributed by atoms with E-state index in [1.54, 1.807) is 10.6 Å². The van der Waals surface area contributed by atoms with Crippen molar-refractivity contribution in [3.63, 3.8) is 0 Å². The molecular formula is C32H31F6N3O11. The summed E-state index contributed by atoms with van der Waals surface area (Å²) in [5.74, 6) is -9.30. The number of aliphatic hydroxyl groups excluding tert-OH is 1. The number of benzene rings is 2. The van der Waals surface area contributed by atoms with Crippen LogP contribution in [0.2, 0.25) is 0 Å². The monoisotopic (exact) mass is 747 g/mol. The standard InChI is InChI=1S/C32H31F6N3O11/c1-11-23(43)16(41-29(49)32(36,37)38)8-18(51-11)52-17-10-30(50,12(2)42)9-14-20(17)27(47)22-21(25(14)45)24(44)13-4-3-5-15(19(13)26(22)46)39-6-7-40-28(48)31(33,34)35/h3-5,11,16-18,23,39,43,45,47,50H,6-10H2,1-2H3,(H,40,48)(H,41,49)/t11-,16-,17-,18?,23+,30-/m0/s1. The number of phenols is 2. The number of nitrogens with one attached hydrogen (secondary N) is 3. The number of ether oxygens (including phenoxy) is 2. The zero-order valence-corrected chi connectivity index (χ0v) is 27.1. The number of aromatic hydroxyl groups is 2. The smallest absolute Gasteiger partial charge is 0.471 e. The first-order chi connectivity index (χ1) is 24.1. The first-order valence-corrected chi connectivity index (χ1v) is 15.6. The fourth-order valence-electron chi connectivity index (χ4n) is 6.50. The van der Waals surface area contributed by atoms with Crippen LogP contribution in [0, 0.1) is 0 Å². The molecule has 2 aliphatic carbocycles. The van der Waals surface area contributed by atoms with E-state index in [0.29, 0.717) is 0 Å². The van der Waals surface area contributed by atoms with E-state index in [2.05, 4.69) is 5.32 Å². The van der Waals surface area contributed by atoms with Crippen molar-refractivity contribution in [1.82, 2.24) is 10.6 Å². The summed E-state index contributed by atoms with van der Waals surface area (Å²) in [6.45, 7) is 1.35. The van der Waals surface area contributed by atoms with Crippen molar-refractivity contribution in [2.75, 3.05) is 18.4 Å². The molecule has 0 aromatic heterocycles. The fraction of sp³-hybridized carbons (Fsp3) is 0.469. The maximum atomic E-state index is 14.0. The lowest BCUT2D eigenvalue weighted by atomic mass is 9.72. The topological polar surface area (TPSA) is 221 Å². The first kappa shape index (κ1) is 38.4. The minimum absolute atomic E-state index is 0.0896. The number of phenolic OH excluding ortho intramolecular Hbond substituents is 2. The predicted molar refractivity (Wildman–Crippen MR) is 161 cm³/mol. The molecule has 0 saturated carbocycles. The quantitative estimate of drug-likeness (QED) is 0.0997. The number of ketones is 3. The van der Waals surface area contributed by atoms with Gasteiger partial charge in [0.1, 0.15) is 23.2 Å². The number of aliphatic hydroxyl groups is 2. The van der Waals surface area contributed by atoms with Crippen LogP contribution in [0.5, 0.6) is 11.5 Å². The van der Waals surface area contributed by atoms with Crippen LogP contribution < -0.4 is 16.0 Å². The van der Waals surface area contributed by atoms with Gasteiger partial charge in [-0.25, -0.2) is 0 Å². The number of hydrogen-bond acceptors (Lipinski definition) is 12. The van der Waals surface area contributed by atoms with Crippen molar-refractivity contribution in [1.29, 1.82) is 0 Å². The van der Waals surface area contributed by atoms with E-state index < -0.39 is 126 Å². The molecule has 282 valence electrons. The molecule has 0 bridgehead atoms. The maximum Gasteiger partial charge on any atom is 0.471 e. The largest absolute Gasteiger partial charge is 0.507 e. The van der Waals surface area contributed by atoms with Gasteiger partial charge < -0.3 is 45.9 Å². The normalized spacial score (nSPS) is 25.8. The Morgan fingerprint density at radius 2 is 1.60 bits per heavy atom. The second-order valence-electron chi connectivity index (χ2n) is 12.6. The van der Waals surface area contributed by atoms with E-state index in [4.69, 9.17) is 9.47 Å². The third kappa shape index (κ3) is 7.02. The molecule has 20 heteroatoms. The Morgan fingerprint density at radius 1 is 0.962 bits per heavy atom. The average molecular weight is 748 g/mol. The van der Waals surface area contributed by atoms with Gasteiger partial charge in [0.2, 0.25) is 0 Å². The highest BCUT2D eigenvalue weighted by Gasteiger charge is 2.50. The summed E-state index contributed by atoms with van der Waals surface area (Å²) in [6.07, 6.45) is -18.5. The summed E-state index contributed by atoms with van der Waals surface area (Å²) in [5.41, 5.74) is -5.25. The van der Waals surface area contributed by atoms with Crippen molar-refractivity contribution in [3.05, 3.63) is 51.6 Å². The second kappa shape index (κ2) is 13.6. The highest BCUT2D eigenvalue weighted by atomic mass is 19.4. The molecule has 14 nitrogen and oxygen atoms in total. The van der Waals surface area contributed by atoms with Crippen molar-refractivity contribution in [2.24, 2.45) is 0 Å². The third-order valence-corrected chi connectivity index (χ3v) is 9.13. The van der Waals surface area contributed by atoms with Gasteiger partial charge >= 0.3 is 24.2 Å². The van der Waals surface area contributed by atoms with Gasteiger partial charge in [0, 0.05) is 54.7 Å². The number of alkyl halides is 6. The van der Waals surface area contributed by atoms with Gasteiger partial charge in [0.05, 0.1) is 34.9 Å². The molecule has 52 heavy (non-hydrogen) atoms. The van der Waals surface area contributed by atoms with Crippen molar-refractivity contribution in [2.45, 2.75) is 81.7 Å². The van der Waals surface area contributed by atoms with Crippen LogP contribution in [-0.4, -0.2) is 105 Å². The van der Waals surface area contributed by atoms with E-state index in [1.807, 2.05) is 0 Å². The summed E-state index contributed by atoms with van der Waals surface area (Å²) in [7, 11) is 0. The summed E-state index contributed by atoms with van der Waals surface area (Å²) >= 11 is 0. The number of rotatable bonds is 8. The number of anilines is 1. The maximum absolute atomic E-state index is 14.0. The lowest BCUT2D eigenvalue weighted by Gasteiger charge is -2.42. The molecule has 3 aliphatic rings. The molecule has 2 aromatic rings. The van der Waals surface area contributed by atoms with Crippen molar-refractivity contribution in [3.8, 4) is 11.5 Å². The highest BCUT2D eigenvalue weighted by molar-refractivity contribution is 6.32. The minimum Gasteiger partial charge on any atom is -0.507 e. The Labute approximate surface area is 289 Å². The molecule has 5 rings (SSSR count). The van der Waals surface area contributed by atoms with Crippen LogP contribution in [-0.2, 0) is 30.3 Å². The van der Waals surface area contributed by atoms with E-state index in [-0.39, 0.29) is 34.5 Å². The Morgan fingerprint density at radius 3 is 2.21 bits per heavy atom. The molecule has 6 atom stereocenters. The number of fused-ring (bicyclic) bond motifs is 3. The molecule has 1 heterocycles. The zero-order valence-electron chi connectivity index (χ0n) is 27.1. The summed E-state index contributed by atoms with van der Waals surface area (Å²) in [4.78, 5) is 63.3. The van der Waals surface area contributed by atoms with Gasteiger partial charge in [-0.3, -0.25) is 24.0 Å². The Balaban J connectivity index is 1.52. The van der Waals surface area contributed by atoms with Crippen LogP contribution in [0.15, 0.2) is 18.2 Å². The van der Waals surface area contributed by atoms with Crippen LogP contribution in [0.4, 0.5) is 32.0 Å². The number of halogens is 6. The Kier molecular flexibility index (Phi) is 10.1. The van der Waals surface area contributed by atoms with Crippen LogP contribution >= 0.6 is 0 Å². The van der Waals surface area contributed by atoms with E-state index in [9.17, 15) is 70.7 Å².